The summed E-state index contributed by atoms with van der Waals surface area (Å²) in [6.07, 6.45) is 8.27. The number of carboxylic acid groups (broad SMARTS) is 1. The maximum Gasteiger partial charge on any atom is 0.306 e. The molecule has 4 heterocycles. The first-order valence-corrected chi connectivity index (χ1v) is 12.0. The van der Waals surface area contributed by atoms with Crippen molar-refractivity contribution in [1.82, 2.24) is 19.5 Å². The lowest BCUT2D eigenvalue weighted by Crippen LogP contribution is -2.37. The van der Waals surface area contributed by atoms with Crippen molar-refractivity contribution in [2.24, 2.45) is 5.92 Å². The maximum absolute atomic E-state index is 11.2. The molecular formula is C27H27N5O2. The quantitative estimate of drug-likeness (QED) is 0.481. The first-order valence-electron chi connectivity index (χ1n) is 12.0. The summed E-state index contributed by atoms with van der Waals surface area (Å²) in [5.41, 5.74) is 5.55. The number of anilines is 1. The first-order chi connectivity index (χ1) is 16.7. The van der Waals surface area contributed by atoms with Gasteiger partial charge in [0.05, 0.1) is 23.0 Å². The monoisotopic (exact) mass is 453 g/mol. The Morgan fingerprint density at radius 3 is 2.44 bits per heavy atom. The Hall–Kier alpha value is -3.74. The van der Waals surface area contributed by atoms with Gasteiger partial charge in [-0.3, -0.25) is 4.79 Å². The molecule has 0 saturated carbocycles. The topological polar surface area (TPSA) is 84.1 Å². The highest BCUT2D eigenvalue weighted by Gasteiger charge is 2.26. The second-order valence-corrected chi connectivity index (χ2v) is 9.29. The molecule has 1 fully saturated rings. The first kappa shape index (κ1) is 20.8. The highest BCUT2D eigenvalue weighted by molar-refractivity contribution is 5.83. The highest BCUT2D eigenvalue weighted by Crippen LogP contribution is 2.35. The van der Waals surface area contributed by atoms with Gasteiger partial charge in [-0.15, -0.1) is 0 Å². The molecule has 2 aliphatic heterocycles. The van der Waals surface area contributed by atoms with E-state index in [4.69, 9.17) is 4.98 Å². The Bertz CT molecular complexity index is 1320. The van der Waals surface area contributed by atoms with E-state index in [1.54, 1.807) is 0 Å². The fourth-order valence-electron chi connectivity index (χ4n) is 5.38. The van der Waals surface area contributed by atoms with Crippen LogP contribution in [0.3, 0.4) is 0 Å². The molecule has 7 nitrogen and oxygen atoms in total. The molecule has 1 saturated heterocycles. The molecule has 4 aromatic rings. The summed E-state index contributed by atoms with van der Waals surface area (Å²) in [6, 6.07) is 17.4. The zero-order chi connectivity index (χ0) is 23.1. The van der Waals surface area contributed by atoms with Gasteiger partial charge in [0, 0.05) is 37.5 Å². The van der Waals surface area contributed by atoms with Gasteiger partial charge in [0.2, 0.25) is 5.95 Å². The zero-order valence-electron chi connectivity index (χ0n) is 19.0. The van der Waals surface area contributed by atoms with Crippen molar-refractivity contribution in [1.29, 1.82) is 0 Å². The van der Waals surface area contributed by atoms with Crippen molar-refractivity contribution < 1.29 is 9.90 Å². The third-order valence-corrected chi connectivity index (χ3v) is 7.24. The summed E-state index contributed by atoms with van der Waals surface area (Å²) in [4.78, 5) is 27.4. The predicted molar refractivity (Wildman–Crippen MR) is 131 cm³/mol. The molecule has 0 bridgehead atoms. The average molecular weight is 454 g/mol. The number of benzene rings is 2. The number of hydrogen-bond acceptors (Lipinski definition) is 5. The molecule has 2 aromatic carbocycles. The number of piperidine rings is 1. The van der Waals surface area contributed by atoms with Crippen molar-refractivity contribution in [3.63, 3.8) is 0 Å². The van der Waals surface area contributed by atoms with E-state index in [2.05, 4.69) is 68.0 Å². The lowest BCUT2D eigenvalue weighted by Gasteiger charge is -2.30. The summed E-state index contributed by atoms with van der Waals surface area (Å²) >= 11 is 0. The number of aliphatic carboxylic acids is 1. The van der Waals surface area contributed by atoms with Crippen LogP contribution in [0.15, 0.2) is 60.9 Å². The van der Waals surface area contributed by atoms with Crippen LogP contribution in [0, 0.1) is 5.92 Å². The number of imidazole rings is 1. The van der Waals surface area contributed by atoms with Crippen LogP contribution in [0.4, 0.5) is 5.95 Å². The van der Waals surface area contributed by atoms with Gasteiger partial charge in [-0.05, 0) is 48.9 Å². The minimum atomic E-state index is -0.706. The summed E-state index contributed by atoms with van der Waals surface area (Å²) in [5.74, 6) is 0.856. The highest BCUT2D eigenvalue weighted by atomic mass is 16.4. The Labute approximate surface area is 198 Å². The van der Waals surface area contributed by atoms with Crippen molar-refractivity contribution in [3.05, 3.63) is 72.3 Å². The van der Waals surface area contributed by atoms with Gasteiger partial charge < -0.3 is 14.6 Å². The van der Waals surface area contributed by atoms with Gasteiger partial charge in [0.25, 0.3) is 0 Å². The van der Waals surface area contributed by atoms with Gasteiger partial charge in [-0.25, -0.2) is 15.0 Å². The van der Waals surface area contributed by atoms with Gasteiger partial charge in [0.1, 0.15) is 5.82 Å². The van der Waals surface area contributed by atoms with Crippen LogP contribution in [0.1, 0.15) is 43.1 Å². The van der Waals surface area contributed by atoms with Crippen LogP contribution < -0.4 is 4.90 Å². The van der Waals surface area contributed by atoms with Crippen molar-refractivity contribution >= 4 is 23.0 Å². The van der Waals surface area contributed by atoms with E-state index in [0.29, 0.717) is 37.9 Å². The zero-order valence-corrected chi connectivity index (χ0v) is 19.0. The van der Waals surface area contributed by atoms with Crippen molar-refractivity contribution in [3.8, 4) is 11.1 Å². The van der Waals surface area contributed by atoms with Gasteiger partial charge in [0.15, 0.2) is 0 Å². The molecule has 0 amide bonds. The molecule has 0 aliphatic carbocycles. The lowest BCUT2D eigenvalue weighted by molar-refractivity contribution is -0.142. The molecule has 1 unspecified atom stereocenters. The molecule has 34 heavy (non-hydrogen) atoms. The Morgan fingerprint density at radius 1 is 0.941 bits per heavy atom. The Morgan fingerprint density at radius 2 is 1.71 bits per heavy atom. The number of nitrogens with zero attached hydrogens (tertiary/aromatic N) is 5. The molecule has 172 valence electrons. The van der Waals surface area contributed by atoms with E-state index in [-0.39, 0.29) is 5.92 Å². The smallest absolute Gasteiger partial charge is 0.306 e. The van der Waals surface area contributed by atoms with Crippen LogP contribution in [0.2, 0.25) is 0 Å². The third kappa shape index (κ3) is 3.71. The van der Waals surface area contributed by atoms with Crippen molar-refractivity contribution in [2.75, 3.05) is 18.0 Å². The fourth-order valence-corrected chi connectivity index (χ4v) is 5.38. The van der Waals surface area contributed by atoms with E-state index < -0.39 is 5.97 Å². The molecule has 0 spiro atoms. The number of aryl methyl sites for hydroxylation is 1. The van der Waals surface area contributed by atoms with Gasteiger partial charge in [-0.1, -0.05) is 36.4 Å². The molecule has 7 heteroatoms. The average Bonchev–Trinajstić information content (AvgIpc) is 3.27. The molecular weight excluding hydrogens is 426 g/mol. The molecule has 1 N–H and O–H groups in total. The third-order valence-electron chi connectivity index (χ3n) is 7.24. The molecule has 2 aromatic heterocycles. The van der Waals surface area contributed by atoms with E-state index in [1.807, 2.05) is 12.4 Å². The van der Waals surface area contributed by atoms with Crippen LogP contribution in [0.25, 0.3) is 22.2 Å². The maximum atomic E-state index is 11.2. The standard InChI is InChI=1S/C27H27N5O2/c33-26(34)19-11-13-31(14-12-19)27-28-16-21(17-29-27)20-9-10-22-24(15-20)32-23(7-4-8-25(32)30-22)18-5-2-1-3-6-18/h1-3,5-6,9-10,15-17,19,23H,4,7-8,11-14H2,(H,33,34). The second-order valence-electron chi connectivity index (χ2n) is 9.29. The fraction of sp³-hybridized carbons (Fsp3) is 0.333. The van der Waals surface area contributed by atoms with Gasteiger partial charge >= 0.3 is 5.97 Å². The summed E-state index contributed by atoms with van der Waals surface area (Å²) in [6.45, 7) is 1.34. The Kier molecular flexibility index (Phi) is 5.24. The molecule has 1 atom stereocenters. The minimum absolute atomic E-state index is 0.261. The number of aromatic nitrogens is 4. The van der Waals surface area contributed by atoms with Crippen molar-refractivity contribution in [2.45, 2.75) is 38.1 Å². The molecule has 0 radical (unpaired) electrons. The van der Waals surface area contributed by atoms with Crippen LogP contribution in [-0.4, -0.2) is 43.7 Å². The normalized spacial score (nSPS) is 18.7. The van der Waals surface area contributed by atoms with Crippen LogP contribution in [-0.2, 0) is 11.2 Å². The Balaban J connectivity index is 1.30. The minimum Gasteiger partial charge on any atom is -0.481 e. The predicted octanol–water partition coefficient (Wildman–Crippen LogP) is 4.72. The summed E-state index contributed by atoms with van der Waals surface area (Å²) in [5, 5.41) is 9.22. The van der Waals surface area contributed by atoms with Gasteiger partial charge in [-0.2, -0.15) is 0 Å². The SMILES string of the molecule is O=C(O)C1CCN(c2ncc(-c3ccc4nc5n(c4c3)C(c3ccccc3)CCC5)cn2)CC1. The summed E-state index contributed by atoms with van der Waals surface area (Å²) in [7, 11) is 0. The summed E-state index contributed by atoms with van der Waals surface area (Å²) < 4.78 is 2.42. The van der Waals surface area contributed by atoms with Crippen LogP contribution in [0.5, 0.6) is 0 Å². The number of carboxylic acids is 1. The van der Waals surface area contributed by atoms with E-state index in [9.17, 15) is 9.90 Å². The van der Waals surface area contributed by atoms with Crippen LogP contribution >= 0.6 is 0 Å². The largest absolute Gasteiger partial charge is 0.481 e. The number of hydrogen-bond donors (Lipinski definition) is 1. The van der Waals surface area contributed by atoms with E-state index in [0.717, 1.165) is 47.2 Å². The lowest BCUT2D eigenvalue weighted by atomic mass is 9.97. The number of rotatable bonds is 4. The number of fused-ring (bicyclic) bond motifs is 3. The number of carbonyl (C=O) groups is 1. The molecule has 6 rings (SSSR count). The van der Waals surface area contributed by atoms with E-state index >= 15 is 0 Å². The van der Waals surface area contributed by atoms with E-state index in [1.165, 1.54) is 5.56 Å². The molecule has 2 aliphatic rings. The second kappa shape index (κ2) is 8.56.